The maximum absolute atomic E-state index is 13.2. The molecule has 0 saturated carbocycles. The molecule has 0 radical (unpaired) electrons. The molecule has 228 valence electrons. The van der Waals surface area contributed by atoms with Crippen LogP contribution in [0.25, 0.3) is 33.3 Å². The van der Waals surface area contributed by atoms with E-state index in [1.165, 1.54) is 30.7 Å². The molecule has 5 aromatic rings. The third-order valence-electron chi connectivity index (χ3n) is 7.16. The monoisotopic (exact) mass is 617 g/mol. The number of benzene rings is 3. The van der Waals surface area contributed by atoms with E-state index in [9.17, 15) is 18.4 Å². The Balaban J connectivity index is 0.000000197. The van der Waals surface area contributed by atoms with E-state index in [-0.39, 0.29) is 23.4 Å². The van der Waals surface area contributed by atoms with E-state index in [1.807, 2.05) is 35.8 Å². The molecular weight excluding hydrogens is 584 g/mol. The predicted octanol–water partition coefficient (Wildman–Crippen LogP) is 6.89. The molecule has 3 aromatic carbocycles. The van der Waals surface area contributed by atoms with Gasteiger partial charge >= 0.3 is 0 Å². The van der Waals surface area contributed by atoms with Gasteiger partial charge in [0.1, 0.15) is 23.0 Å². The van der Waals surface area contributed by atoms with Crippen molar-refractivity contribution in [3.63, 3.8) is 0 Å². The van der Waals surface area contributed by atoms with E-state index in [1.54, 1.807) is 42.1 Å². The molecule has 44 heavy (non-hydrogen) atoms. The number of hydrogen-bond acceptors (Lipinski definition) is 6. The summed E-state index contributed by atoms with van der Waals surface area (Å²) in [4.78, 5) is 33.5. The standard InChI is InChI=1S/C18H17FN2O2S.C13H14FN3O.C2H2/c1-20-18(22)16-14-9-8-13(21(2)24-3)10-15(14)23-17(16)11-4-6-12(19)7-5-11;14-9-4-5-10-11(8-9)16-12(15-10)13(18)17-6-2-1-3-7-17;1-2/h4-10H,1-3H3,(H,20,22);4-5,8H,1-3,6-7H2,(H,15,16);1-2H. The highest BCUT2D eigenvalue weighted by Crippen LogP contribution is 2.36. The predicted molar refractivity (Wildman–Crippen MR) is 173 cm³/mol. The number of terminal acetylenes is 1. The van der Waals surface area contributed by atoms with Gasteiger partial charge in [0.2, 0.25) is 0 Å². The van der Waals surface area contributed by atoms with Crippen LogP contribution in [0.15, 0.2) is 65.1 Å². The summed E-state index contributed by atoms with van der Waals surface area (Å²) in [5, 5.41) is 3.37. The van der Waals surface area contributed by atoms with Crippen molar-refractivity contribution in [1.29, 1.82) is 0 Å². The van der Waals surface area contributed by atoms with Crippen molar-refractivity contribution in [3.05, 3.63) is 83.7 Å². The first-order valence-corrected chi connectivity index (χ1v) is 15.1. The molecule has 8 nitrogen and oxygen atoms in total. The number of halogens is 2. The fraction of sp³-hybridized carbons (Fsp3) is 0.242. The van der Waals surface area contributed by atoms with Gasteiger partial charge in [0.25, 0.3) is 11.8 Å². The van der Waals surface area contributed by atoms with Crippen molar-refractivity contribution >= 4 is 51.5 Å². The van der Waals surface area contributed by atoms with Crippen molar-refractivity contribution in [2.24, 2.45) is 0 Å². The summed E-state index contributed by atoms with van der Waals surface area (Å²) in [5.41, 5.74) is 3.89. The van der Waals surface area contributed by atoms with Crippen LogP contribution < -0.4 is 9.62 Å². The number of carbonyl (C=O) groups is 2. The molecule has 0 unspecified atom stereocenters. The van der Waals surface area contributed by atoms with Crippen LogP contribution in [0.3, 0.4) is 0 Å². The first-order valence-electron chi connectivity index (χ1n) is 13.9. The van der Waals surface area contributed by atoms with Crippen LogP contribution in [0.2, 0.25) is 0 Å². The first-order chi connectivity index (χ1) is 21.3. The number of imidazole rings is 1. The van der Waals surface area contributed by atoms with Crippen molar-refractivity contribution in [2.45, 2.75) is 19.3 Å². The third kappa shape index (κ3) is 7.03. The molecular formula is C33H33F2N5O3S. The minimum absolute atomic E-state index is 0.0914. The van der Waals surface area contributed by atoms with Crippen LogP contribution in [0.4, 0.5) is 14.5 Å². The summed E-state index contributed by atoms with van der Waals surface area (Å²) < 4.78 is 34.2. The zero-order valence-electron chi connectivity index (χ0n) is 24.7. The minimum atomic E-state index is -0.333. The zero-order chi connectivity index (χ0) is 31.8. The van der Waals surface area contributed by atoms with Gasteiger partial charge in [-0.1, -0.05) is 11.9 Å². The number of H-pyrrole nitrogens is 1. The number of nitrogens with one attached hydrogen (secondary N) is 2. The van der Waals surface area contributed by atoms with Gasteiger partial charge in [0.05, 0.1) is 22.3 Å². The molecule has 6 rings (SSSR count). The number of piperidine rings is 1. The number of hydrogen-bond donors (Lipinski definition) is 2. The highest BCUT2D eigenvalue weighted by Gasteiger charge is 2.23. The van der Waals surface area contributed by atoms with E-state index in [2.05, 4.69) is 28.1 Å². The largest absolute Gasteiger partial charge is 0.455 e. The smallest absolute Gasteiger partial charge is 0.289 e. The van der Waals surface area contributed by atoms with Crippen molar-refractivity contribution in [3.8, 4) is 24.2 Å². The topological polar surface area (TPSA) is 94.5 Å². The highest BCUT2D eigenvalue weighted by molar-refractivity contribution is 7.99. The molecule has 1 saturated heterocycles. The maximum Gasteiger partial charge on any atom is 0.289 e. The third-order valence-corrected chi connectivity index (χ3v) is 7.92. The maximum atomic E-state index is 13.2. The van der Waals surface area contributed by atoms with Crippen LogP contribution in [-0.2, 0) is 0 Å². The molecule has 2 aromatic heterocycles. The second-order valence-electron chi connectivity index (χ2n) is 9.85. The van der Waals surface area contributed by atoms with Crippen LogP contribution in [0, 0.1) is 24.5 Å². The second-order valence-corrected chi connectivity index (χ2v) is 10.8. The SMILES string of the molecule is C#C.CNC(=O)c1c(-c2ccc(F)cc2)oc2cc(N(C)SC)ccc12.O=C(c1nc2ccc(F)cc2[nH]1)N1CCCCC1. The number of anilines is 1. The van der Waals surface area contributed by atoms with Crippen LogP contribution in [0.1, 0.15) is 40.2 Å². The summed E-state index contributed by atoms with van der Waals surface area (Å²) >= 11 is 1.58. The Labute approximate surface area is 258 Å². The molecule has 1 aliphatic heterocycles. The first kappa shape index (κ1) is 32.1. The quantitative estimate of drug-likeness (QED) is 0.165. The zero-order valence-corrected chi connectivity index (χ0v) is 25.5. The number of aromatic amines is 1. The number of furan rings is 1. The Bertz CT molecular complexity index is 1780. The van der Waals surface area contributed by atoms with Crippen molar-refractivity contribution < 1.29 is 22.8 Å². The van der Waals surface area contributed by atoms with Crippen LogP contribution in [-0.4, -0.2) is 60.1 Å². The lowest BCUT2D eigenvalue weighted by Gasteiger charge is -2.25. The molecule has 0 atom stereocenters. The van der Waals surface area contributed by atoms with E-state index in [0.717, 1.165) is 37.0 Å². The molecule has 0 aliphatic carbocycles. The summed E-state index contributed by atoms with van der Waals surface area (Å²) in [7, 11) is 3.53. The van der Waals surface area contributed by atoms with E-state index in [4.69, 9.17) is 4.42 Å². The van der Waals surface area contributed by atoms with Gasteiger partial charge in [-0.3, -0.25) is 9.59 Å². The number of amides is 2. The van der Waals surface area contributed by atoms with Gasteiger partial charge in [-0.2, -0.15) is 0 Å². The van der Waals surface area contributed by atoms with E-state index >= 15 is 0 Å². The van der Waals surface area contributed by atoms with Gasteiger partial charge in [-0.05, 0) is 73.9 Å². The average Bonchev–Trinajstić information content (AvgIpc) is 3.67. The van der Waals surface area contributed by atoms with Gasteiger partial charge < -0.3 is 23.9 Å². The molecule has 1 fully saturated rings. The Morgan fingerprint density at radius 1 is 1.00 bits per heavy atom. The number of fused-ring (bicyclic) bond motifs is 2. The Kier molecular flexibility index (Phi) is 10.6. The Morgan fingerprint density at radius 2 is 1.68 bits per heavy atom. The molecule has 2 amide bonds. The summed E-state index contributed by atoms with van der Waals surface area (Å²) in [5.74, 6) is -0.250. The normalized spacial score (nSPS) is 12.6. The van der Waals surface area contributed by atoms with Gasteiger partial charge in [0, 0.05) is 50.5 Å². The number of aromatic nitrogens is 2. The molecule has 0 spiro atoms. The van der Waals surface area contributed by atoms with Gasteiger partial charge in [0.15, 0.2) is 5.82 Å². The van der Waals surface area contributed by atoms with Crippen LogP contribution in [0.5, 0.6) is 0 Å². The van der Waals surface area contributed by atoms with Gasteiger partial charge in [-0.15, -0.1) is 12.8 Å². The van der Waals surface area contributed by atoms with Crippen molar-refractivity contribution in [2.75, 3.05) is 37.7 Å². The lowest BCUT2D eigenvalue weighted by Crippen LogP contribution is -2.36. The Morgan fingerprint density at radius 3 is 2.34 bits per heavy atom. The average molecular weight is 618 g/mol. The molecule has 3 heterocycles. The summed E-state index contributed by atoms with van der Waals surface area (Å²) in [6.07, 6.45) is 13.2. The van der Waals surface area contributed by atoms with Crippen LogP contribution >= 0.6 is 11.9 Å². The number of likely N-dealkylation sites (tertiary alicyclic amines) is 1. The molecule has 11 heteroatoms. The summed E-state index contributed by atoms with van der Waals surface area (Å²) in [6, 6.07) is 15.9. The lowest BCUT2D eigenvalue weighted by molar-refractivity contribution is 0.0713. The van der Waals surface area contributed by atoms with E-state index in [0.29, 0.717) is 39.3 Å². The van der Waals surface area contributed by atoms with E-state index < -0.39 is 0 Å². The molecule has 2 N–H and O–H groups in total. The highest BCUT2D eigenvalue weighted by atomic mass is 32.2. The fourth-order valence-corrected chi connectivity index (χ4v) is 5.20. The lowest BCUT2D eigenvalue weighted by atomic mass is 10.0. The minimum Gasteiger partial charge on any atom is -0.455 e. The number of nitrogens with zero attached hydrogens (tertiary/aromatic N) is 3. The Hall–Kier alpha value is -4.82. The molecule has 0 bridgehead atoms. The number of carbonyl (C=O) groups excluding carboxylic acids is 2. The summed E-state index contributed by atoms with van der Waals surface area (Å²) in [6.45, 7) is 1.56. The molecule has 1 aliphatic rings. The number of rotatable bonds is 5. The fourth-order valence-electron chi connectivity index (χ4n) is 4.87. The van der Waals surface area contributed by atoms with Crippen molar-refractivity contribution in [1.82, 2.24) is 20.2 Å². The second kappa shape index (κ2) is 14.6. The van der Waals surface area contributed by atoms with Gasteiger partial charge in [-0.25, -0.2) is 13.8 Å².